The molecule has 0 amide bonds. The van der Waals surface area contributed by atoms with Crippen LogP contribution in [0.4, 0.5) is 0 Å². The highest BCUT2D eigenvalue weighted by molar-refractivity contribution is 7.19. The highest BCUT2D eigenvalue weighted by Crippen LogP contribution is 2.33. The van der Waals surface area contributed by atoms with Gasteiger partial charge in [-0.15, -0.1) is 11.3 Å². The summed E-state index contributed by atoms with van der Waals surface area (Å²) in [5.74, 6) is 0. The normalized spacial score (nSPS) is 10.3. The van der Waals surface area contributed by atoms with Crippen LogP contribution in [0.15, 0.2) is 30.3 Å². The predicted octanol–water partition coefficient (Wildman–Crippen LogP) is 4.53. The van der Waals surface area contributed by atoms with Gasteiger partial charge < -0.3 is 0 Å². The minimum absolute atomic E-state index is 0.559. The van der Waals surface area contributed by atoms with Crippen molar-refractivity contribution in [1.82, 2.24) is 0 Å². The summed E-state index contributed by atoms with van der Waals surface area (Å²) >= 11 is 13.1. The maximum absolute atomic E-state index is 10.9. The number of hydrogen-bond donors (Lipinski definition) is 0. The smallest absolute Gasteiger partial charge is 0.150 e. The molecule has 2 rings (SSSR count). The van der Waals surface area contributed by atoms with Gasteiger partial charge in [0.2, 0.25) is 0 Å². The quantitative estimate of drug-likeness (QED) is 0.722. The number of benzene rings is 1. The second-order valence-corrected chi connectivity index (χ2v) is 5.10. The molecule has 0 N–H and O–H groups in total. The third kappa shape index (κ3) is 2.23. The Morgan fingerprint density at radius 1 is 1.13 bits per heavy atom. The van der Waals surface area contributed by atoms with E-state index in [9.17, 15) is 4.79 Å². The molecule has 1 aromatic heterocycles. The molecule has 0 aliphatic rings. The zero-order valence-corrected chi connectivity index (χ0v) is 9.86. The maximum Gasteiger partial charge on any atom is 0.150 e. The van der Waals surface area contributed by atoms with E-state index >= 15 is 0 Å². The molecule has 0 saturated carbocycles. The van der Waals surface area contributed by atoms with Crippen molar-refractivity contribution < 1.29 is 4.79 Å². The van der Waals surface area contributed by atoms with Crippen molar-refractivity contribution in [3.8, 4) is 10.4 Å². The molecule has 0 atom stereocenters. The van der Waals surface area contributed by atoms with E-state index in [0.717, 1.165) is 16.7 Å². The Balaban J connectivity index is 2.57. The van der Waals surface area contributed by atoms with Crippen LogP contribution in [-0.4, -0.2) is 6.29 Å². The molecule has 15 heavy (non-hydrogen) atoms. The van der Waals surface area contributed by atoms with Gasteiger partial charge in [0.25, 0.3) is 0 Å². The topological polar surface area (TPSA) is 17.1 Å². The third-order valence-electron chi connectivity index (χ3n) is 1.98. The van der Waals surface area contributed by atoms with Crippen LogP contribution in [0.5, 0.6) is 0 Å². The first kappa shape index (κ1) is 10.7. The predicted molar refractivity (Wildman–Crippen MR) is 65.2 cm³/mol. The van der Waals surface area contributed by atoms with Gasteiger partial charge in [0.15, 0.2) is 6.29 Å². The first-order chi connectivity index (χ1) is 7.20. The van der Waals surface area contributed by atoms with Crippen LogP contribution in [0, 0.1) is 0 Å². The number of halogens is 2. The van der Waals surface area contributed by atoms with Crippen LogP contribution < -0.4 is 0 Å². The Kier molecular flexibility index (Phi) is 3.10. The van der Waals surface area contributed by atoms with Crippen LogP contribution in [0.2, 0.25) is 9.36 Å². The summed E-state index contributed by atoms with van der Waals surface area (Å²) in [7, 11) is 0. The van der Waals surface area contributed by atoms with Crippen LogP contribution in [0.1, 0.15) is 10.4 Å². The monoisotopic (exact) mass is 256 g/mol. The summed E-state index contributed by atoms with van der Waals surface area (Å²) in [4.78, 5) is 11.8. The van der Waals surface area contributed by atoms with E-state index in [-0.39, 0.29) is 0 Å². The van der Waals surface area contributed by atoms with Gasteiger partial charge in [-0.05, 0) is 24.3 Å². The Morgan fingerprint density at radius 2 is 1.93 bits per heavy atom. The van der Waals surface area contributed by atoms with Crippen molar-refractivity contribution in [2.75, 3.05) is 0 Å². The molecule has 4 heteroatoms. The molecule has 0 saturated heterocycles. The number of aldehydes is 1. The fraction of sp³-hybridized carbons (Fsp3) is 0. The zero-order valence-electron chi connectivity index (χ0n) is 7.54. The molecule has 0 fully saturated rings. The van der Waals surface area contributed by atoms with Gasteiger partial charge in [0.05, 0.1) is 4.34 Å². The van der Waals surface area contributed by atoms with Gasteiger partial charge >= 0.3 is 0 Å². The number of carbonyl (C=O) groups excluding carboxylic acids is 1. The molecule has 0 spiro atoms. The van der Waals surface area contributed by atoms with Crippen LogP contribution in [-0.2, 0) is 0 Å². The lowest BCUT2D eigenvalue weighted by atomic mass is 10.1. The van der Waals surface area contributed by atoms with E-state index in [1.807, 2.05) is 18.2 Å². The summed E-state index contributed by atoms with van der Waals surface area (Å²) in [5, 5.41) is 0.559. The Hall–Kier alpha value is -0.830. The molecule has 2 aromatic rings. The molecule has 0 aliphatic heterocycles. The standard InChI is InChI=1S/C11H6Cl2OS/c12-8-1-2-9(7(5-8)6-14)10-3-4-11(13)15-10/h1-6H. The van der Waals surface area contributed by atoms with Crippen molar-refractivity contribution >= 4 is 40.8 Å². The SMILES string of the molecule is O=Cc1cc(Cl)ccc1-c1ccc(Cl)s1. The van der Waals surface area contributed by atoms with E-state index in [1.165, 1.54) is 11.3 Å². The fourth-order valence-electron chi connectivity index (χ4n) is 1.31. The summed E-state index contributed by atoms with van der Waals surface area (Å²) in [6.07, 6.45) is 0.800. The highest BCUT2D eigenvalue weighted by Gasteiger charge is 2.07. The van der Waals surface area contributed by atoms with E-state index in [4.69, 9.17) is 23.2 Å². The van der Waals surface area contributed by atoms with E-state index in [1.54, 1.807) is 12.1 Å². The molecule has 1 nitrogen and oxygen atoms in total. The second-order valence-electron chi connectivity index (χ2n) is 2.95. The maximum atomic E-state index is 10.9. The Bertz CT molecular complexity index is 505. The molecule has 0 aliphatic carbocycles. The van der Waals surface area contributed by atoms with E-state index in [0.29, 0.717) is 14.9 Å². The number of rotatable bonds is 2. The first-order valence-electron chi connectivity index (χ1n) is 4.21. The van der Waals surface area contributed by atoms with Crippen molar-refractivity contribution in [2.24, 2.45) is 0 Å². The summed E-state index contributed by atoms with van der Waals surface area (Å²) in [6, 6.07) is 8.94. The van der Waals surface area contributed by atoms with Gasteiger partial charge in [-0.25, -0.2) is 0 Å². The van der Waals surface area contributed by atoms with Crippen LogP contribution in [0.3, 0.4) is 0 Å². The Morgan fingerprint density at radius 3 is 2.53 bits per heavy atom. The zero-order chi connectivity index (χ0) is 10.8. The van der Waals surface area contributed by atoms with Crippen LogP contribution >= 0.6 is 34.5 Å². The number of hydrogen-bond acceptors (Lipinski definition) is 2. The van der Waals surface area contributed by atoms with Crippen molar-refractivity contribution in [3.05, 3.63) is 45.3 Å². The lowest BCUT2D eigenvalue weighted by Gasteiger charge is -2.01. The third-order valence-corrected chi connectivity index (χ3v) is 3.48. The molecule has 0 unspecified atom stereocenters. The van der Waals surface area contributed by atoms with E-state index in [2.05, 4.69) is 0 Å². The summed E-state index contributed by atoms with van der Waals surface area (Å²) in [6.45, 7) is 0. The van der Waals surface area contributed by atoms with Gasteiger partial charge in [0, 0.05) is 21.0 Å². The minimum Gasteiger partial charge on any atom is -0.298 e. The average Bonchev–Trinajstić information content (AvgIpc) is 2.64. The molecular weight excluding hydrogens is 251 g/mol. The van der Waals surface area contributed by atoms with Crippen molar-refractivity contribution in [3.63, 3.8) is 0 Å². The van der Waals surface area contributed by atoms with Gasteiger partial charge in [0.1, 0.15) is 0 Å². The van der Waals surface area contributed by atoms with E-state index < -0.39 is 0 Å². The molecular formula is C11H6Cl2OS. The molecule has 1 heterocycles. The number of thiophene rings is 1. The lowest BCUT2D eigenvalue weighted by molar-refractivity contribution is 0.112. The van der Waals surface area contributed by atoms with Crippen LogP contribution in [0.25, 0.3) is 10.4 Å². The summed E-state index contributed by atoms with van der Waals surface area (Å²) < 4.78 is 0.705. The van der Waals surface area contributed by atoms with Crippen molar-refractivity contribution in [1.29, 1.82) is 0 Å². The van der Waals surface area contributed by atoms with Crippen molar-refractivity contribution in [2.45, 2.75) is 0 Å². The largest absolute Gasteiger partial charge is 0.298 e. The average molecular weight is 257 g/mol. The first-order valence-corrected chi connectivity index (χ1v) is 5.78. The van der Waals surface area contributed by atoms with Gasteiger partial charge in [-0.1, -0.05) is 29.3 Å². The Labute approximate surface area is 101 Å². The van der Waals surface area contributed by atoms with Gasteiger partial charge in [-0.2, -0.15) is 0 Å². The minimum atomic E-state index is 0.559. The molecule has 76 valence electrons. The number of carbonyl (C=O) groups is 1. The molecule has 1 aromatic carbocycles. The molecule has 0 bridgehead atoms. The second kappa shape index (κ2) is 4.35. The van der Waals surface area contributed by atoms with Gasteiger partial charge in [-0.3, -0.25) is 4.79 Å². The highest BCUT2D eigenvalue weighted by atomic mass is 35.5. The molecule has 0 radical (unpaired) electrons. The fourth-order valence-corrected chi connectivity index (χ4v) is 2.59. The summed E-state index contributed by atoms with van der Waals surface area (Å²) in [5.41, 5.74) is 1.45. The lowest BCUT2D eigenvalue weighted by Crippen LogP contribution is -1.84.